The van der Waals surface area contributed by atoms with Crippen molar-refractivity contribution in [1.82, 2.24) is 19.8 Å². The number of fused-ring (bicyclic) bond motifs is 1. The van der Waals surface area contributed by atoms with Gasteiger partial charge < -0.3 is 10.4 Å². The molecule has 24 heavy (non-hydrogen) atoms. The van der Waals surface area contributed by atoms with E-state index in [-0.39, 0.29) is 11.8 Å². The van der Waals surface area contributed by atoms with Crippen LogP contribution in [0.25, 0.3) is 17.0 Å². The highest BCUT2D eigenvalue weighted by Crippen LogP contribution is 2.23. The van der Waals surface area contributed by atoms with Gasteiger partial charge in [0.05, 0.1) is 6.04 Å². The summed E-state index contributed by atoms with van der Waals surface area (Å²) in [4.78, 5) is 0. The standard InChI is InChI=1S/C17H15N5OS/c1-11(12-3-2-4-14(23)9-12)18-15-5-6-16-19-20-17(22(16)21-15)13-7-8-24-10-13/h2-11,23H,1H3,(H,18,21)/t11-/m1/s1. The summed E-state index contributed by atoms with van der Waals surface area (Å²) in [6, 6.07) is 12.9. The molecule has 120 valence electrons. The molecule has 0 fully saturated rings. The van der Waals surface area contributed by atoms with Crippen LogP contribution in [0.4, 0.5) is 5.82 Å². The van der Waals surface area contributed by atoms with Gasteiger partial charge in [-0.25, -0.2) is 0 Å². The molecule has 0 bridgehead atoms. The molecule has 0 unspecified atom stereocenters. The SMILES string of the molecule is C[C@@H](Nc1ccc2nnc(-c3ccsc3)n2n1)c1cccc(O)c1. The summed E-state index contributed by atoms with van der Waals surface area (Å²) in [5.74, 6) is 1.69. The van der Waals surface area contributed by atoms with E-state index in [2.05, 4.69) is 20.6 Å². The number of hydrogen-bond donors (Lipinski definition) is 2. The molecule has 2 N–H and O–H groups in total. The maximum absolute atomic E-state index is 9.62. The van der Waals surface area contributed by atoms with Crippen LogP contribution in [0.1, 0.15) is 18.5 Å². The van der Waals surface area contributed by atoms with Gasteiger partial charge in [0.2, 0.25) is 0 Å². The minimum absolute atomic E-state index is 0.00290. The van der Waals surface area contributed by atoms with E-state index in [4.69, 9.17) is 0 Å². The molecule has 0 spiro atoms. The van der Waals surface area contributed by atoms with E-state index >= 15 is 0 Å². The highest BCUT2D eigenvalue weighted by molar-refractivity contribution is 7.08. The lowest BCUT2D eigenvalue weighted by atomic mass is 10.1. The van der Waals surface area contributed by atoms with Crippen molar-refractivity contribution >= 4 is 22.8 Å². The number of nitrogens with zero attached hydrogens (tertiary/aromatic N) is 4. The predicted octanol–water partition coefficient (Wildman–Crippen LogP) is 3.73. The number of rotatable bonds is 4. The van der Waals surface area contributed by atoms with Crippen molar-refractivity contribution in [2.75, 3.05) is 5.32 Å². The van der Waals surface area contributed by atoms with Gasteiger partial charge in [-0.2, -0.15) is 15.9 Å². The number of phenolic OH excluding ortho intramolecular Hbond substituents is 1. The molecule has 4 aromatic rings. The lowest BCUT2D eigenvalue weighted by Gasteiger charge is -2.15. The molecule has 6 nitrogen and oxygen atoms in total. The molecule has 0 aliphatic heterocycles. The number of thiophene rings is 1. The van der Waals surface area contributed by atoms with Gasteiger partial charge in [-0.05, 0) is 48.2 Å². The molecule has 3 aromatic heterocycles. The van der Waals surface area contributed by atoms with E-state index in [1.165, 1.54) is 0 Å². The topological polar surface area (TPSA) is 75.3 Å². The van der Waals surface area contributed by atoms with Gasteiger partial charge in [-0.3, -0.25) is 0 Å². The summed E-state index contributed by atoms with van der Waals surface area (Å²) in [7, 11) is 0. The van der Waals surface area contributed by atoms with Crippen LogP contribution < -0.4 is 5.32 Å². The Hall–Kier alpha value is -2.93. The fourth-order valence-corrected chi connectivity index (χ4v) is 3.17. The van der Waals surface area contributed by atoms with Crippen LogP contribution in [0.3, 0.4) is 0 Å². The van der Waals surface area contributed by atoms with Crippen molar-refractivity contribution in [3.8, 4) is 17.1 Å². The normalized spacial score (nSPS) is 12.4. The summed E-state index contributed by atoms with van der Waals surface area (Å²) >= 11 is 1.61. The molecule has 0 amide bonds. The molecular formula is C17H15N5OS. The first-order valence-corrected chi connectivity index (χ1v) is 8.45. The minimum Gasteiger partial charge on any atom is -0.508 e. The Labute approximate surface area is 142 Å². The zero-order valence-corrected chi connectivity index (χ0v) is 13.7. The molecule has 0 aliphatic rings. The van der Waals surface area contributed by atoms with E-state index in [1.54, 1.807) is 28.0 Å². The molecule has 3 heterocycles. The van der Waals surface area contributed by atoms with E-state index in [0.717, 1.165) is 22.8 Å². The van der Waals surface area contributed by atoms with Crippen LogP contribution in [-0.4, -0.2) is 24.9 Å². The monoisotopic (exact) mass is 337 g/mol. The van der Waals surface area contributed by atoms with Crippen molar-refractivity contribution in [2.24, 2.45) is 0 Å². The first-order chi connectivity index (χ1) is 11.7. The van der Waals surface area contributed by atoms with Crippen LogP contribution in [0, 0.1) is 0 Å². The summed E-state index contributed by atoms with van der Waals surface area (Å²) in [5, 5.41) is 30.0. The predicted molar refractivity (Wildman–Crippen MR) is 94.2 cm³/mol. The van der Waals surface area contributed by atoms with Gasteiger partial charge in [-0.15, -0.1) is 15.3 Å². The fraction of sp³-hybridized carbons (Fsp3) is 0.118. The number of phenols is 1. The first-order valence-electron chi connectivity index (χ1n) is 7.51. The van der Waals surface area contributed by atoms with Gasteiger partial charge in [0.1, 0.15) is 11.6 Å². The number of benzene rings is 1. The lowest BCUT2D eigenvalue weighted by molar-refractivity contribution is 0.474. The second kappa shape index (κ2) is 5.93. The van der Waals surface area contributed by atoms with E-state index in [0.29, 0.717) is 5.65 Å². The number of aromatic nitrogens is 4. The molecule has 0 saturated carbocycles. The molecule has 0 radical (unpaired) electrons. The third kappa shape index (κ3) is 2.69. The van der Waals surface area contributed by atoms with Gasteiger partial charge in [-0.1, -0.05) is 12.1 Å². The molecular weight excluding hydrogens is 322 g/mol. The Kier molecular flexibility index (Phi) is 3.62. The molecule has 1 aromatic carbocycles. The van der Waals surface area contributed by atoms with Crippen LogP contribution in [0.2, 0.25) is 0 Å². The summed E-state index contributed by atoms with van der Waals surface area (Å²) in [6.07, 6.45) is 0. The Bertz CT molecular complexity index is 980. The van der Waals surface area contributed by atoms with Gasteiger partial charge in [0.15, 0.2) is 11.5 Å². The summed E-state index contributed by atoms with van der Waals surface area (Å²) < 4.78 is 1.74. The van der Waals surface area contributed by atoms with E-state index in [9.17, 15) is 5.11 Å². The highest BCUT2D eigenvalue weighted by atomic mass is 32.1. The zero-order chi connectivity index (χ0) is 16.5. The second-order valence-electron chi connectivity index (χ2n) is 5.49. The molecule has 0 aliphatic carbocycles. The van der Waals surface area contributed by atoms with Crippen LogP contribution >= 0.6 is 11.3 Å². The molecule has 0 saturated heterocycles. The first kappa shape index (κ1) is 14.6. The third-order valence-electron chi connectivity index (χ3n) is 3.78. The Balaban J connectivity index is 1.66. The largest absolute Gasteiger partial charge is 0.508 e. The Morgan fingerprint density at radius 2 is 2.08 bits per heavy atom. The van der Waals surface area contributed by atoms with Crippen LogP contribution in [-0.2, 0) is 0 Å². The lowest BCUT2D eigenvalue weighted by Crippen LogP contribution is -2.09. The number of aromatic hydroxyl groups is 1. The number of anilines is 1. The van der Waals surface area contributed by atoms with Crippen LogP contribution in [0.5, 0.6) is 5.75 Å². The third-order valence-corrected chi connectivity index (χ3v) is 4.46. The molecule has 4 rings (SSSR count). The van der Waals surface area contributed by atoms with Crippen molar-refractivity contribution in [1.29, 1.82) is 0 Å². The van der Waals surface area contributed by atoms with Crippen molar-refractivity contribution in [3.63, 3.8) is 0 Å². The smallest absolute Gasteiger partial charge is 0.186 e. The average molecular weight is 337 g/mol. The van der Waals surface area contributed by atoms with Crippen molar-refractivity contribution < 1.29 is 5.11 Å². The maximum atomic E-state index is 9.62. The Morgan fingerprint density at radius 1 is 1.17 bits per heavy atom. The van der Waals surface area contributed by atoms with E-state index in [1.807, 2.05) is 48.0 Å². The van der Waals surface area contributed by atoms with Crippen LogP contribution in [0.15, 0.2) is 53.2 Å². The summed E-state index contributed by atoms with van der Waals surface area (Å²) in [5.41, 5.74) is 2.68. The average Bonchev–Trinajstić information content (AvgIpc) is 3.23. The van der Waals surface area contributed by atoms with Crippen molar-refractivity contribution in [2.45, 2.75) is 13.0 Å². The van der Waals surface area contributed by atoms with Crippen molar-refractivity contribution in [3.05, 3.63) is 58.8 Å². The van der Waals surface area contributed by atoms with Gasteiger partial charge in [0, 0.05) is 10.9 Å². The van der Waals surface area contributed by atoms with Gasteiger partial charge in [0.25, 0.3) is 0 Å². The minimum atomic E-state index is 0.00290. The Morgan fingerprint density at radius 3 is 2.88 bits per heavy atom. The number of hydrogen-bond acceptors (Lipinski definition) is 6. The summed E-state index contributed by atoms with van der Waals surface area (Å²) in [6.45, 7) is 2.02. The maximum Gasteiger partial charge on any atom is 0.186 e. The molecule has 1 atom stereocenters. The quantitative estimate of drug-likeness (QED) is 0.593. The highest BCUT2D eigenvalue weighted by Gasteiger charge is 2.12. The van der Waals surface area contributed by atoms with E-state index < -0.39 is 0 Å². The zero-order valence-electron chi connectivity index (χ0n) is 12.9. The van der Waals surface area contributed by atoms with Gasteiger partial charge >= 0.3 is 0 Å². The number of nitrogens with one attached hydrogen (secondary N) is 1. The molecule has 7 heteroatoms. The second-order valence-corrected chi connectivity index (χ2v) is 6.27. The fourth-order valence-electron chi connectivity index (χ4n) is 2.54.